The molecule has 1 N–H and O–H groups in total. The van der Waals surface area contributed by atoms with Gasteiger partial charge >= 0.3 is 0 Å². The molecule has 0 unspecified atom stereocenters. The zero-order chi connectivity index (χ0) is 14.1. The van der Waals surface area contributed by atoms with Gasteiger partial charge in [0.05, 0.1) is 12.4 Å². The molecule has 0 saturated heterocycles. The van der Waals surface area contributed by atoms with Gasteiger partial charge in [0.1, 0.15) is 6.61 Å². The molecule has 0 bridgehead atoms. The van der Waals surface area contributed by atoms with E-state index in [1.54, 1.807) is 6.20 Å². The first-order chi connectivity index (χ1) is 9.17. The van der Waals surface area contributed by atoms with Crippen molar-refractivity contribution in [3.8, 4) is 5.75 Å². The van der Waals surface area contributed by atoms with E-state index < -0.39 is 0 Å². The zero-order valence-corrected chi connectivity index (χ0v) is 12.7. The topological polar surface area (TPSA) is 42.3 Å². The molecule has 1 aromatic heterocycles. The smallest absolute Gasteiger partial charge is 0.157 e. The normalized spacial score (nSPS) is 11.5. The lowest BCUT2D eigenvalue weighted by molar-refractivity contribution is 0.285. The lowest BCUT2D eigenvalue weighted by Gasteiger charge is -2.17. The highest BCUT2D eigenvalue weighted by atomic mass is 16.5. The summed E-state index contributed by atoms with van der Waals surface area (Å²) in [7, 11) is 0. The molecule has 110 valence electrons. The minimum Gasteiger partial charge on any atom is -0.489 e. The van der Waals surface area contributed by atoms with Crippen LogP contribution in [-0.4, -0.2) is 54.0 Å². The van der Waals surface area contributed by atoms with Crippen LogP contribution in [0.3, 0.4) is 0 Å². The van der Waals surface area contributed by atoms with E-state index in [0.717, 1.165) is 38.5 Å². The zero-order valence-electron chi connectivity index (χ0n) is 12.7. The highest BCUT2D eigenvalue weighted by Crippen LogP contribution is 2.11. The molecule has 0 aromatic carbocycles. The molecule has 0 aliphatic rings. The highest BCUT2D eigenvalue weighted by Gasteiger charge is 2.02. The number of hydrogen-bond donors (Lipinski definition) is 1. The second-order valence-electron chi connectivity index (χ2n) is 4.88. The largest absolute Gasteiger partial charge is 0.489 e. The molecule has 5 nitrogen and oxygen atoms in total. The van der Waals surface area contributed by atoms with Gasteiger partial charge in [0, 0.05) is 25.7 Å². The third kappa shape index (κ3) is 6.07. The highest BCUT2D eigenvalue weighted by molar-refractivity contribution is 5.11. The second-order valence-corrected chi connectivity index (χ2v) is 4.88. The molecular weight excluding hydrogens is 240 g/mol. The van der Waals surface area contributed by atoms with E-state index in [1.807, 2.05) is 10.9 Å². The van der Waals surface area contributed by atoms with Gasteiger partial charge in [0.2, 0.25) is 0 Å². The first-order valence-electron chi connectivity index (χ1n) is 7.27. The van der Waals surface area contributed by atoms with Gasteiger partial charge in [-0.2, -0.15) is 5.10 Å². The maximum atomic E-state index is 5.64. The molecule has 5 heteroatoms. The fourth-order valence-corrected chi connectivity index (χ4v) is 1.82. The van der Waals surface area contributed by atoms with Crippen molar-refractivity contribution in [1.29, 1.82) is 0 Å². The molecule has 0 saturated carbocycles. The Labute approximate surface area is 116 Å². The first kappa shape index (κ1) is 16.0. The van der Waals surface area contributed by atoms with Gasteiger partial charge < -0.3 is 15.0 Å². The van der Waals surface area contributed by atoms with Crippen molar-refractivity contribution < 1.29 is 4.74 Å². The summed E-state index contributed by atoms with van der Waals surface area (Å²) in [6.45, 7) is 14.5. The lowest BCUT2D eigenvalue weighted by Crippen LogP contribution is -2.33. The Bertz CT molecular complexity index is 334. The van der Waals surface area contributed by atoms with Crippen LogP contribution in [0.2, 0.25) is 0 Å². The summed E-state index contributed by atoms with van der Waals surface area (Å²) in [5.41, 5.74) is 0. The third-order valence-electron chi connectivity index (χ3n) is 3.15. The Hall–Kier alpha value is -1.07. The number of aromatic nitrogens is 2. The summed E-state index contributed by atoms with van der Waals surface area (Å²) in [6.07, 6.45) is 3.72. The quantitative estimate of drug-likeness (QED) is 0.657. The van der Waals surface area contributed by atoms with E-state index in [9.17, 15) is 0 Å². The molecular formula is C14H28N4O. The first-order valence-corrected chi connectivity index (χ1v) is 7.27. The molecule has 0 aliphatic carbocycles. The summed E-state index contributed by atoms with van der Waals surface area (Å²) >= 11 is 0. The van der Waals surface area contributed by atoms with Crippen LogP contribution in [0.15, 0.2) is 12.4 Å². The number of nitrogens with zero attached hydrogens (tertiary/aromatic N) is 3. The Morgan fingerprint density at radius 2 is 2.05 bits per heavy atom. The van der Waals surface area contributed by atoms with E-state index in [0.29, 0.717) is 12.6 Å². The van der Waals surface area contributed by atoms with Crippen LogP contribution in [0.25, 0.3) is 0 Å². The van der Waals surface area contributed by atoms with Crippen LogP contribution in [0.1, 0.15) is 33.7 Å². The van der Waals surface area contributed by atoms with Gasteiger partial charge in [-0.05, 0) is 26.9 Å². The average Bonchev–Trinajstić information content (AvgIpc) is 2.87. The summed E-state index contributed by atoms with van der Waals surface area (Å²) in [6, 6.07) is 0.379. The van der Waals surface area contributed by atoms with Crippen LogP contribution in [0, 0.1) is 0 Å². The Morgan fingerprint density at radius 1 is 1.32 bits per heavy atom. The summed E-state index contributed by atoms with van der Waals surface area (Å²) in [5.74, 6) is 0.847. The molecule has 1 rings (SSSR count). The van der Waals surface area contributed by atoms with Gasteiger partial charge in [0.25, 0.3) is 0 Å². The van der Waals surface area contributed by atoms with E-state index in [4.69, 9.17) is 4.74 Å². The maximum Gasteiger partial charge on any atom is 0.157 e. The predicted molar refractivity (Wildman–Crippen MR) is 78.8 cm³/mol. The number of rotatable bonds is 10. The van der Waals surface area contributed by atoms with Crippen LogP contribution >= 0.6 is 0 Å². The third-order valence-corrected chi connectivity index (χ3v) is 3.15. The Balaban J connectivity index is 2.07. The molecule has 0 radical (unpaired) electrons. The molecule has 0 atom stereocenters. The number of nitrogens with one attached hydrogen (secondary N) is 1. The van der Waals surface area contributed by atoms with Crippen molar-refractivity contribution in [1.82, 2.24) is 20.0 Å². The molecule has 1 heterocycles. The molecule has 0 amide bonds. The molecule has 0 fully saturated rings. The second kappa shape index (κ2) is 8.93. The number of ether oxygens (including phenoxy) is 1. The van der Waals surface area contributed by atoms with Gasteiger partial charge in [-0.3, -0.25) is 4.68 Å². The van der Waals surface area contributed by atoms with Crippen molar-refractivity contribution >= 4 is 0 Å². The van der Waals surface area contributed by atoms with Crippen molar-refractivity contribution in [2.45, 2.75) is 33.7 Å². The summed E-state index contributed by atoms with van der Waals surface area (Å²) < 4.78 is 7.54. The molecule has 19 heavy (non-hydrogen) atoms. The van der Waals surface area contributed by atoms with Gasteiger partial charge in [-0.25, -0.2) is 0 Å². The monoisotopic (exact) mass is 268 g/mol. The molecule has 0 aliphatic heterocycles. The van der Waals surface area contributed by atoms with E-state index in [-0.39, 0.29) is 0 Å². The Morgan fingerprint density at radius 3 is 2.63 bits per heavy atom. The van der Waals surface area contributed by atoms with Gasteiger partial charge in [0.15, 0.2) is 5.75 Å². The van der Waals surface area contributed by atoms with Crippen molar-refractivity contribution in [3.63, 3.8) is 0 Å². The van der Waals surface area contributed by atoms with Crippen molar-refractivity contribution in [2.75, 3.05) is 39.3 Å². The summed E-state index contributed by atoms with van der Waals surface area (Å²) in [5, 5.41) is 7.63. The number of hydrogen-bond acceptors (Lipinski definition) is 4. The van der Waals surface area contributed by atoms with Crippen LogP contribution in [0.5, 0.6) is 5.75 Å². The van der Waals surface area contributed by atoms with Gasteiger partial charge in [-0.15, -0.1) is 0 Å². The number of likely N-dealkylation sites (N-methyl/N-ethyl adjacent to an activating group) is 1. The van der Waals surface area contributed by atoms with Crippen LogP contribution < -0.4 is 10.1 Å². The molecule has 0 spiro atoms. The molecule has 1 aromatic rings. The van der Waals surface area contributed by atoms with Crippen LogP contribution in [-0.2, 0) is 0 Å². The van der Waals surface area contributed by atoms with E-state index >= 15 is 0 Å². The average molecular weight is 268 g/mol. The fourth-order valence-electron chi connectivity index (χ4n) is 1.82. The van der Waals surface area contributed by atoms with Crippen molar-refractivity contribution in [2.24, 2.45) is 0 Å². The minimum absolute atomic E-state index is 0.379. The predicted octanol–water partition coefficient (Wildman–Crippen LogP) is 1.77. The SMILES string of the molecule is CCN(CC)CCNCCOc1cnn(C(C)C)c1. The fraction of sp³-hybridized carbons (Fsp3) is 0.786. The Kier molecular flexibility index (Phi) is 7.52. The van der Waals surface area contributed by atoms with Crippen molar-refractivity contribution in [3.05, 3.63) is 12.4 Å². The maximum absolute atomic E-state index is 5.64. The van der Waals surface area contributed by atoms with E-state index in [2.05, 4.69) is 43.0 Å². The van der Waals surface area contributed by atoms with Crippen LogP contribution in [0.4, 0.5) is 0 Å². The van der Waals surface area contributed by atoms with E-state index in [1.165, 1.54) is 0 Å². The lowest BCUT2D eigenvalue weighted by atomic mass is 10.4. The standard InChI is InChI=1S/C14H28N4O/c1-5-17(6-2)9-7-15-8-10-19-14-11-16-18(12-14)13(3)4/h11-13,15H,5-10H2,1-4H3. The minimum atomic E-state index is 0.379. The summed E-state index contributed by atoms with van der Waals surface area (Å²) in [4.78, 5) is 2.40. The van der Waals surface area contributed by atoms with Gasteiger partial charge in [-0.1, -0.05) is 13.8 Å².